The molecule has 6 nitrogen and oxygen atoms in total. The van der Waals surface area contributed by atoms with Crippen LogP contribution in [0.3, 0.4) is 0 Å². The number of hydrogen-bond acceptors (Lipinski definition) is 5. The van der Waals surface area contributed by atoms with Crippen molar-refractivity contribution in [3.63, 3.8) is 0 Å². The minimum atomic E-state index is -0.510. The van der Waals surface area contributed by atoms with Gasteiger partial charge in [-0.25, -0.2) is 4.79 Å². The normalized spacial score (nSPS) is 23.3. The Labute approximate surface area is 114 Å². The molecule has 6 heteroatoms. The Balaban J connectivity index is 2.64. The van der Waals surface area contributed by atoms with E-state index < -0.39 is 11.1 Å². The van der Waals surface area contributed by atoms with Gasteiger partial charge in [0, 0.05) is 18.6 Å². The predicted octanol–water partition coefficient (Wildman–Crippen LogP) is 1.15. The topological polar surface area (TPSA) is 67.9 Å². The molecule has 0 saturated carbocycles. The molecule has 1 aliphatic rings. The van der Waals surface area contributed by atoms with E-state index in [-0.39, 0.29) is 18.5 Å². The summed E-state index contributed by atoms with van der Waals surface area (Å²) in [5.41, 5.74) is -0.922. The molecule has 0 aromatic carbocycles. The van der Waals surface area contributed by atoms with Crippen LogP contribution >= 0.6 is 0 Å². The van der Waals surface area contributed by atoms with E-state index in [0.29, 0.717) is 19.5 Å². The molecule has 1 aliphatic heterocycles. The first-order valence-electron chi connectivity index (χ1n) is 6.45. The first-order chi connectivity index (χ1) is 8.71. The van der Waals surface area contributed by atoms with E-state index in [0.717, 1.165) is 0 Å². The van der Waals surface area contributed by atoms with Gasteiger partial charge in [-0.05, 0) is 34.2 Å². The second-order valence-corrected chi connectivity index (χ2v) is 5.94. The molecule has 1 saturated heterocycles. The lowest BCUT2D eigenvalue weighted by molar-refractivity contribution is -0.142. The second kappa shape index (κ2) is 5.77. The second-order valence-electron chi connectivity index (χ2n) is 5.94. The van der Waals surface area contributed by atoms with Crippen LogP contribution in [0.4, 0.5) is 4.79 Å². The van der Waals surface area contributed by atoms with E-state index in [1.165, 1.54) is 7.11 Å². The molecule has 0 spiro atoms. The molecule has 0 aliphatic carbocycles. The van der Waals surface area contributed by atoms with Gasteiger partial charge in [0.15, 0.2) is 0 Å². The van der Waals surface area contributed by atoms with Crippen molar-refractivity contribution >= 4 is 12.1 Å². The highest BCUT2D eigenvalue weighted by molar-refractivity contribution is 5.72. The van der Waals surface area contributed by atoms with Gasteiger partial charge in [-0.2, -0.15) is 0 Å². The number of methoxy groups -OCH3 is 1. The molecule has 0 aromatic heterocycles. The SMILES string of the molecule is CNC1(CC(=O)OC)CCN(C(=O)OC(C)(C)C)C1. The molecule has 110 valence electrons. The predicted molar refractivity (Wildman–Crippen MR) is 70.8 cm³/mol. The summed E-state index contributed by atoms with van der Waals surface area (Å²) in [6, 6.07) is 0. The van der Waals surface area contributed by atoms with Gasteiger partial charge < -0.3 is 19.7 Å². The van der Waals surface area contributed by atoms with Crippen LogP contribution in [0.2, 0.25) is 0 Å². The van der Waals surface area contributed by atoms with E-state index in [1.54, 1.807) is 11.9 Å². The van der Waals surface area contributed by atoms with Gasteiger partial charge in [0.2, 0.25) is 0 Å². The number of carbonyl (C=O) groups excluding carboxylic acids is 2. The van der Waals surface area contributed by atoms with Crippen LogP contribution in [0.25, 0.3) is 0 Å². The Morgan fingerprint density at radius 2 is 2.00 bits per heavy atom. The highest BCUT2D eigenvalue weighted by Crippen LogP contribution is 2.26. The fourth-order valence-electron chi connectivity index (χ4n) is 2.14. The zero-order valence-electron chi connectivity index (χ0n) is 12.4. The summed E-state index contributed by atoms with van der Waals surface area (Å²) in [5.74, 6) is -0.277. The minimum absolute atomic E-state index is 0.249. The number of amides is 1. The van der Waals surface area contributed by atoms with Crippen LogP contribution in [0.1, 0.15) is 33.6 Å². The maximum Gasteiger partial charge on any atom is 0.410 e. The van der Waals surface area contributed by atoms with E-state index in [9.17, 15) is 9.59 Å². The molecule has 1 heterocycles. The Morgan fingerprint density at radius 3 is 2.47 bits per heavy atom. The van der Waals surface area contributed by atoms with Crippen molar-refractivity contribution in [1.82, 2.24) is 10.2 Å². The average Bonchev–Trinajstić information content (AvgIpc) is 2.72. The Hall–Kier alpha value is -1.30. The first-order valence-corrected chi connectivity index (χ1v) is 6.45. The molecule has 0 bridgehead atoms. The van der Waals surface area contributed by atoms with Crippen LogP contribution in [-0.4, -0.2) is 55.3 Å². The summed E-state index contributed by atoms with van der Waals surface area (Å²) >= 11 is 0. The van der Waals surface area contributed by atoms with Gasteiger partial charge in [0.25, 0.3) is 0 Å². The summed E-state index contributed by atoms with van der Waals surface area (Å²) in [5, 5.41) is 3.14. The van der Waals surface area contributed by atoms with Crippen molar-refractivity contribution in [2.45, 2.75) is 44.8 Å². The van der Waals surface area contributed by atoms with Crippen molar-refractivity contribution in [1.29, 1.82) is 0 Å². The average molecular weight is 272 g/mol. The molecule has 0 aromatic rings. The number of carbonyl (C=O) groups is 2. The van der Waals surface area contributed by atoms with Crippen molar-refractivity contribution in [3.8, 4) is 0 Å². The summed E-state index contributed by atoms with van der Waals surface area (Å²) < 4.78 is 10.0. The zero-order valence-corrected chi connectivity index (χ0v) is 12.4. The Morgan fingerprint density at radius 1 is 1.37 bits per heavy atom. The van der Waals surface area contributed by atoms with E-state index in [1.807, 2.05) is 20.8 Å². The van der Waals surface area contributed by atoms with Crippen LogP contribution in [0, 0.1) is 0 Å². The lowest BCUT2D eigenvalue weighted by atomic mass is 9.94. The Kier molecular flexibility index (Phi) is 4.79. The molecular formula is C13H24N2O4. The maximum atomic E-state index is 12.0. The van der Waals surface area contributed by atoms with Gasteiger partial charge in [-0.15, -0.1) is 0 Å². The number of nitrogens with one attached hydrogen (secondary N) is 1. The zero-order chi connectivity index (χ0) is 14.7. The number of likely N-dealkylation sites (tertiary alicyclic amines) is 1. The molecule has 19 heavy (non-hydrogen) atoms. The standard InChI is InChI=1S/C13H24N2O4/c1-12(2,3)19-11(17)15-7-6-13(9-15,14-4)8-10(16)18-5/h14H,6-9H2,1-5H3. The smallest absolute Gasteiger partial charge is 0.410 e. The van der Waals surface area contributed by atoms with Crippen molar-refractivity contribution in [3.05, 3.63) is 0 Å². The van der Waals surface area contributed by atoms with E-state index in [2.05, 4.69) is 5.32 Å². The van der Waals surface area contributed by atoms with Crippen LogP contribution in [0.5, 0.6) is 0 Å². The van der Waals surface area contributed by atoms with E-state index >= 15 is 0 Å². The highest BCUT2D eigenvalue weighted by atomic mass is 16.6. The lowest BCUT2D eigenvalue weighted by Gasteiger charge is -2.29. The van der Waals surface area contributed by atoms with Gasteiger partial charge in [0.05, 0.1) is 13.5 Å². The molecule has 1 amide bonds. The largest absolute Gasteiger partial charge is 0.469 e. The molecule has 1 N–H and O–H groups in total. The molecular weight excluding hydrogens is 248 g/mol. The van der Waals surface area contributed by atoms with E-state index in [4.69, 9.17) is 9.47 Å². The number of rotatable bonds is 3. The third-order valence-corrected chi connectivity index (χ3v) is 3.25. The molecule has 1 rings (SSSR count). The fourth-order valence-corrected chi connectivity index (χ4v) is 2.14. The number of nitrogens with zero attached hydrogens (tertiary/aromatic N) is 1. The number of ether oxygens (including phenoxy) is 2. The van der Waals surface area contributed by atoms with Crippen LogP contribution in [0.15, 0.2) is 0 Å². The molecule has 0 radical (unpaired) electrons. The highest BCUT2D eigenvalue weighted by Gasteiger charge is 2.41. The summed E-state index contributed by atoms with van der Waals surface area (Å²) in [4.78, 5) is 25.0. The monoisotopic (exact) mass is 272 g/mol. The molecule has 1 atom stereocenters. The number of esters is 1. The van der Waals surface area contributed by atoms with Crippen LogP contribution < -0.4 is 5.32 Å². The fraction of sp³-hybridized carbons (Fsp3) is 0.846. The van der Waals surface area contributed by atoms with Crippen molar-refractivity contribution < 1.29 is 19.1 Å². The summed E-state index contributed by atoms with van der Waals surface area (Å²) in [6.45, 7) is 6.53. The van der Waals surface area contributed by atoms with Gasteiger partial charge >= 0.3 is 12.1 Å². The maximum absolute atomic E-state index is 12.0. The van der Waals surface area contributed by atoms with Crippen molar-refractivity contribution in [2.24, 2.45) is 0 Å². The Bertz CT molecular complexity index is 351. The molecule has 1 fully saturated rings. The third kappa shape index (κ3) is 4.38. The molecule has 1 unspecified atom stereocenters. The van der Waals surface area contributed by atoms with Crippen molar-refractivity contribution in [2.75, 3.05) is 27.2 Å². The number of hydrogen-bond donors (Lipinski definition) is 1. The quantitative estimate of drug-likeness (QED) is 0.781. The van der Waals surface area contributed by atoms with Crippen LogP contribution in [-0.2, 0) is 14.3 Å². The number of likely N-dealkylation sites (N-methyl/N-ethyl adjacent to an activating group) is 1. The first kappa shape index (κ1) is 15.8. The lowest BCUT2D eigenvalue weighted by Crippen LogP contribution is -2.48. The summed E-state index contributed by atoms with van der Waals surface area (Å²) in [6.07, 6.45) is 0.617. The van der Waals surface area contributed by atoms with Gasteiger partial charge in [-0.3, -0.25) is 4.79 Å². The van der Waals surface area contributed by atoms with Gasteiger partial charge in [0.1, 0.15) is 5.60 Å². The third-order valence-electron chi connectivity index (χ3n) is 3.25. The van der Waals surface area contributed by atoms with Gasteiger partial charge in [-0.1, -0.05) is 0 Å². The summed E-state index contributed by atoms with van der Waals surface area (Å²) in [7, 11) is 3.16. The minimum Gasteiger partial charge on any atom is -0.469 e.